The number of imidazole rings is 1. The molecule has 0 aliphatic carbocycles. The summed E-state index contributed by atoms with van der Waals surface area (Å²) in [5.41, 5.74) is 2.25. The third kappa shape index (κ3) is 5.14. The fraction of sp³-hybridized carbons (Fsp3) is 0.100. The summed E-state index contributed by atoms with van der Waals surface area (Å²) >= 11 is 0. The zero-order chi connectivity index (χ0) is 21.8. The highest BCUT2D eigenvalue weighted by Crippen LogP contribution is 2.22. The van der Waals surface area contributed by atoms with Crippen molar-refractivity contribution in [2.24, 2.45) is 0 Å². The first-order chi connectivity index (χ1) is 14.9. The SMILES string of the molecule is Cc1ccnc(Nc2cc(Nc3ccc(NS(=O)(=O)c4cnc[nH]4)cc3)nc(C)n2)c1. The van der Waals surface area contributed by atoms with Crippen LogP contribution in [-0.4, -0.2) is 33.3 Å². The summed E-state index contributed by atoms with van der Waals surface area (Å²) in [6.45, 7) is 3.79. The van der Waals surface area contributed by atoms with Crippen molar-refractivity contribution < 1.29 is 8.42 Å². The Morgan fingerprint density at radius 3 is 2.26 bits per heavy atom. The molecule has 4 N–H and O–H groups in total. The number of sulfonamides is 1. The van der Waals surface area contributed by atoms with Crippen LogP contribution in [0.15, 0.2) is 66.2 Å². The van der Waals surface area contributed by atoms with E-state index >= 15 is 0 Å². The lowest BCUT2D eigenvalue weighted by molar-refractivity contribution is 0.598. The van der Waals surface area contributed by atoms with Gasteiger partial charge in [-0.15, -0.1) is 0 Å². The van der Waals surface area contributed by atoms with E-state index in [1.165, 1.54) is 12.5 Å². The van der Waals surface area contributed by atoms with Gasteiger partial charge in [0.25, 0.3) is 10.0 Å². The number of aromatic nitrogens is 5. The molecule has 0 amide bonds. The highest BCUT2D eigenvalue weighted by molar-refractivity contribution is 7.92. The number of hydrogen-bond donors (Lipinski definition) is 4. The van der Waals surface area contributed by atoms with E-state index in [0.29, 0.717) is 29.0 Å². The maximum absolute atomic E-state index is 12.3. The van der Waals surface area contributed by atoms with Crippen molar-refractivity contribution in [3.05, 3.63) is 72.6 Å². The molecule has 0 aliphatic rings. The Bertz CT molecular complexity index is 1290. The number of H-pyrrole nitrogens is 1. The molecule has 1 aromatic carbocycles. The van der Waals surface area contributed by atoms with Crippen LogP contribution in [0.1, 0.15) is 11.4 Å². The van der Waals surface area contributed by atoms with Gasteiger partial charge in [0.05, 0.1) is 12.5 Å². The van der Waals surface area contributed by atoms with Crippen LogP contribution in [0.5, 0.6) is 0 Å². The minimum absolute atomic E-state index is 0.00529. The summed E-state index contributed by atoms with van der Waals surface area (Å²) in [5.74, 6) is 2.48. The molecular weight excluding hydrogens is 416 g/mol. The van der Waals surface area contributed by atoms with Crippen LogP contribution in [-0.2, 0) is 10.0 Å². The summed E-state index contributed by atoms with van der Waals surface area (Å²) in [4.78, 5) is 19.4. The number of nitrogens with zero attached hydrogens (tertiary/aromatic N) is 4. The lowest BCUT2D eigenvalue weighted by Crippen LogP contribution is -2.13. The number of rotatable bonds is 7. The molecule has 10 nitrogen and oxygen atoms in total. The van der Waals surface area contributed by atoms with E-state index in [4.69, 9.17) is 0 Å². The van der Waals surface area contributed by atoms with Gasteiger partial charge in [-0.3, -0.25) is 4.72 Å². The van der Waals surface area contributed by atoms with E-state index in [9.17, 15) is 8.42 Å². The van der Waals surface area contributed by atoms with Crippen molar-refractivity contribution in [1.82, 2.24) is 24.9 Å². The highest BCUT2D eigenvalue weighted by Gasteiger charge is 2.15. The lowest BCUT2D eigenvalue weighted by Gasteiger charge is -2.11. The van der Waals surface area contributed by atoms with Gasteiger partial charge in [-0.2, -0.15) is 8.42 Å². The Morgan fingerprint density at radius 2 is 1.58 bits per heavy atom. The number of aryl methyl sites for hydroxylation is 2. The lowest BCUT2D eigenvalue weighted by atomic mass is 10.3. The van der Waals surface area contributed by atoms with Crippen molar-refractivity contribution in [1.29, 1.82) is 0 Å². The van der Waals surface area contributed by atoms with Crippen molar-refractivity contribution >= 4 is 38.9 Å². The molecule has 3 aromatic heterocycles. The van der Waals surface area contributed by atoms with Gasteiger partial charge in [-0.05, 0) is 55.8 Å². The third-order valence-corrected chi connectivity index (χ3v) is 5.49. The molecule has 0 saturated carbocycles. The summed E-state index contributed by atoms with van der Waals surface area (Å²) in [5, 5.41) is 6.36. The molecule has 0 aliphatic heterocycles. The normalized spacial score (nSPS) is 11.2. The largest absolute Gasteiger partial charge is 0.340 e. The first kappa shape index (κ1) is 20.3. The predicted molar refractivity (Wildman–Crippen MR) is 118 cm³/mol. The fourth-order valence-corrected chi connectivity index (χ4v) is 3.77. The van der Waals surface area contributed by atoms with E-state index < -0.39 is 10.0 Å². The molecule has 31 heavy (non-hydrogen) atoms. The number of anilines is 5. The monoisotopic (exact) mass is 436 g/mol. The molecule has 0 unspecified atom stereocenters. The quantitative estimate of drug-likeness (QED) is 0.345. The Kier molecular flexibility index (Phi) is 5.50. The molecule has 0 atom stereocenters. The van der Waals surface area contributed by atoms with Gasteiger partial charge in [-0.25, -0.2) is 19.9 Å². The number of benzene rings is 1. The predicted octanol–water partition coefficient (Wildman–Crippen LogP) is 3.50. The first-order valence-corrected chi connectivity index (χ1v) is 10.8. The standard InChI is InChI=1S/C20H20N8O2S/c1-13-7-8-22-17(9-13)27-19-10-18(24-14(2)25-19)26-15-3-5-16(6-4-15)28-31(29,30)20-11-21-12-23-20/h3-12,28H,1-2H3,(H,21,23)(H2,22,24,25,26,27). The summed E-state index contributed by atoms with van der Waals surface area (Å²) in [6.07, 6.45) is 4.28. The van der Waals surface area contributed by atoms with Crippen LogP contribution < -0.4 is 15.4 Å². The number of aromatic amines is 1. The van der Waals surface area contributed by atoms with Crippen molar-refractivity contribution in [2.45, 2.75) is 18.9 Å². The second-order valence-corrected chi connectivity index (χ2v) is 8.40. The Balaban J connectivity index is 1.47. The Hall–Kier alpha value is -3.99. The molecule has 0 spiro atoms. The first-order valence-electron chi connectivity index (χ1n) is 9.31. The van der Waals surface area contributed by atoms with Crippen LogP contribution in [0.2, 0.25) is 0 Å². The van der Waals surface area contributed by atoms with Gasteiger partial charge < -0.3 is 15.6 Å². The molecule has 0 fully saturated rings. The molecular formula is C20H20N8O2S. The van der Waals surface area contributed by atoms with Crippen molar-refractivity contribution in [3.8, 4) is 0 Å². The minimum Gasteiger partial charge on any atom is -0.340 e. The maximum atomic E-state index is 12.3. The molecule has 158 valence electrons. The summed E-state index contributed by atoms with van der Waals surface area (Å²) in [7, 11) is -3.71. The number of hydrogen-bond acceptors (Lipinski definition) is 8. The highest BCUT2D eigenvalue weighted by atomic mass is 32.2. The van der Waals surface area contributed by atoms with Crippen LogP contribution in [0.3, 0.4) is 0 Å². The minimum atomic E-state index is -3.71. The average Bonchev–Trinajstić information content (AvgIpc) is 3.25. The van der Waals surface area contributed by atoms with E-state index in [0.717, 1.165) is 11.3 Å². The smallest absolute Gasteiger partial charge is 0.278 e. The zero-order valence-electron chi connectivity index (χ0n) is 16.8. The second kappa shape index (κ2) is 8.40. The Morgan fingerprint density at radius 1 is 0.871 bits per heavy atom. The summed E-state index contributed by atoms with van der Waals surface area (Å²) in [6, 6.07) is 12.4. The van der Waals surface area contributed by atoms with E-state index in [2.05, 4.69) is 40.3 Å². The van der Waals surface area contributed by atoms with Gasteiger partial charge in [0.2, 0.25) is 0 Å². The van der Waals surface area contributed by atoms with Crippen LogP contribution in [0.4, 0.5) is 28.8 Å². The summed E-state index contributed by atoms with van der Waals surface area (Å²) < 4.78 is 27.0. The molecule has 0 bridgehead atoms. The van der Waals surface area contributed by atoms with Gasteiger partial charge in [-0.1, -0.05) is 0 Å². The van der Waals surface area contributed by atoms with Crippen LogP contribution in [0.25, 0.3) is 0 Å². The third-order valence-electron chi connectivity index (χ3n) is 4.18. The average molecular weight is 437 g/mol. The number of nitrogens with one attached hydrogen (secondary N) is 4. The van der Waals surface area contributed by atoms with E-state index in [-0.39, 0.29) is 5.03 Å². The molecule has 4 rings (SSSR count). The molecule has 0 radical (unpaired) electrons. The molecule has 0 saturated heterocycles. The van der Waals surface area contributed by atoms with Crippen molar-refractivity contribution in [3.63, 3.8) is 0 Å². The second-order valence-electron chi connectivity index (χ2n) is 6.75. The zero-order valence-corrected chi connectivity index (χ0v) is 17.6. The molecule has 3 heterocycles. The van der Waals surface area contributed by atoms with E-state index in [1.54, 1.807) is 43.5 Å². The number of pyridine rings is 1. The molecule has 4 aromatic rings. The molecule has 11 heteroatoms. The van der Waals surface area contributed by atoms with Crippen LogP contribution in [0, 0.1) is 13.8 Å². The van der Waals surface area contributed by atoms with Gasteiger partial charge in [0.1, 0.15) is 23.3 Å². The van der Waals surface area contributed by atoms with Gasteiger partial charge in [0.15, 0.2) is 5.03 Å². The maximum Gasteiger partial charge on any atom is 0.278 e. The fourth-order valence-electron chi connectivity index (χ4n) is 2.80. The van der Waals surface area contributed by atoms with Gasteiger partial charge >= 0.3 is 0 Å². The topological polar surface area (TPSA) is 138 Å². The Labute approximate surface area is 179 Å². The van der Waals surface area contributed by atoms with Crippen molar-refractivity contribution in [2.75, 3.05) is 15.4 Å². The van der Waals surface area contributed by atoms with E-state index in [1.807, 2.05) is 19.1 Å². The van der Waals surface area contributed by atoms with Crippen LogP contribution >= 0.6 is 0 Å². The van der Waals surface area contributed by atoms with Gasteiger partial charge in [0, 0.05) is 23.6 Å².